The maximum Gasteiger partial charge on any atom is 0.341 e. The van der Waals surface area contributed by atoms with Crippen molar-refractivity contribution >= 4 is 38.7 Å². The Balaban J connectivity index is 1.73. The number of benzene rings is 2. The molecule has 2 aromatic carbocycles. The second kappa shape index (κ2) is 8.29. The van der Waals surface area contributed by atoms with Crippen LogP contribution in [-0.4, -0.2) is 36.0 Å². The van der Waals surface area contributed by atoms with E-state index in [1.54, 1.807) is 47.0 Å². The first-order chi connectivity index (χ1) is 15.3. The minimum atomic E-state index is -3.79. The van der Waals surface area contributed by atoms with Gasteiger partial charge in [0.15, 0.2) is 0 Å². The van der Waals surface area contributed by atoms with E-state index in [1.165, 1.54) is 19.2 Å². The van der Waals surface area contributed by atoms with Crippen molar-refractivity contribution in [2.24, 2.45) is 12.2 Å². The average Bonchev–Trinajstić information content (AvgIpc) is 3.14. The van der Waals surface area contributed by atoms with Crippen molar-refractivity contribution in [1.29, 1.82) is 0 Å². The van der Waals surface area contributed by atoms with Crippen molar-refractivity contribution in [3.63, 3.8) is 0 Å². The van der Waals surface area contributed by atoms with Crippen LogP contribution in [0.2, 0.25) is 0 Å². The van der Waals surface area contributed by atoms with Gasteiger partial charge in [0.05, 0.1) is 17.5 Å². The summed E-state index contributed by atoms with van der Waals surface area (Å²) in [5, 5.41) is 8.16. The Hall–Kier alpha value is -3.96. The molecule has 3 N–H and O–H groups in total. The van der Waals surface area contributed by atoms with E-state index in [1.807, 2.05) is 13.2 Å². The number of sulfonamides is 1. The summed E-state index contributed by atoms with van der Waals surface area (Å²) < 4.78 is 35.5. The van der Waals surface area contributed by atoms with E-state index in [9.17, 15) is 13.2 Å². The van der Waals surface area contributed by atoms with Gasteiger partial charge in [0.25, 0.3) is 0 Å². The zero-order valence-corrected chi connectivity index (χ0v) is 18.0. The van der Waals surface area contributed by atoms with E-state index >= 15 is 0 Å². The Morgan fingerprint density at radius 3 is 2.47 bits per heavy atom. The van der Waals surface area contributed by atoms with E-state index in [2.05, 4.69) is 15.3 Å². The lowest BCUT2D eigenvalue weighted by molar-refractivity contribution is 0.0598. The Morgan fingerprint density at radius 1 is 1.06 bits per heavy atom. The van der Waals surface area contributed by atoms with Gasteiger partial charge in [-0.2, -0.15) is 4.98 Å². The van der Waals surface area contributed by atoms with Crippen LogP contribution in [0, 0.1) is 0 Å². The number of carbonyl (C=O) groups is 1. The highest BCUT2D eigenvalue weighted by Gasteiger charge is 2.18. The molecule has 0 radical (unpaired) electrons. The molecule has 11 heteroatoms. The van der Waals surface area contributed by atoms with Gasteiger partial charge in [-0.1, -0.05) is 12.1 Å². The van der Waals surface area contributed by atoms with Crippen LogP contribution < -0.4 is 15.2 Å². The number of ether oxygens (including phenoxy) is 2. The van der Waals surface area contributed by atoms with Crippen molar-refractivity contribution in [3.05, 3.63) is 66.4 Å². The smallest absolute Gasteiger partial charge is 0.341 e. The number of hydrogen-bond acceptors (Lipinski definition) is 8. The fourth-order valence-corrected chi connectivity index (χ4v) is 3.59. The molecule has 2 aromatic heterocycles. The number of aryl methyl sites for hydroxylation is 1. The predicted molar refractivity (Wildman–Crippen MR) is 117 cm³/mol. The maximum absolute atomic E-state index is 12.1. The van der Waals surface area contributed by atoms with Crippen LogP contribution in [0.4, 0.5) is 11.6 Å². The van der Waals surface area contributed by atoms with Crippen molar-refractivity contribution in [1.82, 2.24) is 14.5 Å². The number of rotatable bonds is 6. The molecule has 0 unspecified atom stereocenters. The van der Waals surface area contributed by atoms with Gasteiger partial charge in [0.1, 0.15) is 16.8 Å². The molecule has 0 spiro atoms. The first-order valence-electron chi connectivity index (χ1n) is 9.34. The standard InChI is InChI=1S/C21H19N5O5S/c1-26-12-11-16-18(26)19(31-17-6-4-3-5-15(17)20(27)30-2)25-21(24-16)23-13-7-9-14(10-8-13)32(22,28)29/h3-12H,1-2H3,(H2,22,28,29)(H,23,24,25). The number of methoxy groups -OCH3 is 1. The maximum atomic E-state index is 12.1. The van der Waals surface area contributed by atoms with Crippen LogP contribution in [0.25, 0.3) is 11.0 Å². The molecule has 4 rings (SSSR count). The molecular formula is C21H19N5O5S. The van der Waals surface area contributed by atoms with Crippen LogP contribution in [0.5, 0.6) is 11.6 Å². The predicted octanol–water partition coefficient (Wildman–Crippen LogP) is 2.94. The summed E-state index contributed by atoms with van der Waals surface area (Å²) in [5.74, 6) is 0.190. The topological polar surface area (TPSA) is 138 Å². The third kappa shape index (κ3) is 4.24. The highest BCUT2D eigenvalue weighted by Crippen LogP contribution is 2.31. The summed E-state index contributed by atoms with van der Waals surface area (Å²) in [6, 6.07) is 14.3. The number of hydrogen-bond donors (Lipinski definition) is 2. The Kier molecular flexibility index (Phi) is 5.51. The Morgan fingerprint density at radius 2 is 1.78 bits per heavy atom. The van der Waals surface area contributed by atoms with Crippen LogP contribution in [-0.2, 0) is 21.8 Å². The Bertz CT molecular complexity index is 1410. The first kappa shape index (κ1) is 21.3. The number of para-hydroxylation sites is 1. The molecule has 0 saturated heterocycles. The number of esters is 1. The first-order valence-corrected chi connectivity index (χ1v) is 10.9. The molecule has 0 amide bonds. The minimum absolute atomic E-state index is 0.00841. The van der Waals surface area contributed by atoms with Crippen molar-refractivity contribution in [2.75, 3.05) is 12.4 Å². The van der Waals surface area contributed by atoms with Crippen LogP contribution in [0.1, 0.15) is 10.4 Å². The fraction of sp³-hybridized carbons (Fsp3) is 0.0952. The van der Waals surface area contributed by atoms with Gasteiger partial charge >= 0.3 is 5.97 Å². The van der Waals surface area contributed by atoms with Gasteiger partial charge in [-0.15, -0.1) is 0 Å². The summed E-state index contributed by atoms with van der Waals surface area (Å²) in [4.78, 5) is 21.0. The lowest BCUT2D eigenvalue weighted by Gasteiger charge is -2.12. The molecule has 0 saturated carbocycles. The molecule has 0 atom stereocenters. The van der Waals surface area contributed by atoms with E-state index in [0.717, 1.165) is 0 Å². The zero-order chi connectivity index (χ0) is 22.9. The second-order valence-electron chi connectivity index (χ2n) is 6.80. The molecule has 0 aliphatic carbocycles. The molecule has 0 aliphatic heterocycles. The van der Waals surface area contributed by atoms with Gasteiger partial charge in [0.2, 0.25) is 21.9 Å². The van der Waals surface area contributed by atoms with Gasteiger partial charge < -0.3 is 19.4 Å². The number of primary sulfonamides is 1. The van der Waals surface area contributed by atoms with E-state index in [0.29, 0.717) is 16.7 Å². The fourth-order valence-electron chi connectivity index (χ4n) is 3.08. The monoisotopic (exact) mass is 453 g/mol. The van der Waals surface area contributed by atoms with Crippen molar-refractivity contribution in [3.8, 4) is 11.6 Å². The molecule has 0 bridgehead atoms. The molecule has 2 heterocycles. The average molecular weight is 453 g/mol. The highest BCUT2D eigenvalue weighted by molar-refractivity contribution is 7.89. The third-order valence-corrected chi connectivity index (χ3v) is 5.55. The molecule has 0 aliphatic rings. The van der Waals surface area contributed by atoms with Crippen LogP contribution in [0.15, 0.2) is 65.7 Å². The third-order valence-electron chi connectivity index (χ3n) is 4.63. The molecule has 10 nitrogen and oxygen atoms in total. The molecule has 32 heavy (non-hydrogen) atoms. The normalized spacial score (nSPS) is 11.3. The highest BCUT2D eigenvalue weighted by atomic mass is 32.2. The molecule has 0 fully saturated rings. The minimum Gasteiger partial charge on any atom is -0.465 e. The van der Waals surface area contributed by atoms with E-state index in [-0.39, 0.29) is 28.0 Å². The second-order valence-corrected chi connectivity index (χ2v) is 8.36. The number of anilines is 2. The van der Waals surface area contributed by atoms with Crippen molar-refractivity contribution in [2.45, 2.75) is 4.90 Å². The Labute approximate surface area is 183 Å². The summed E-state index contributed by atoms with van der Waals surface area (Å²) in [6.07, 6.45) is 1.81. The van der Waals surface area contributed by atoms with Gasteiger partial charge in [-0.3, -0.25) is 0 Å². The van der Waals surface area contributed by atoms with Crippen LogP contribution in [0.3, 0.4) is 0 Å². The largest absolute Gasteiger partial charge is 0.465 e. The zero-order valence-electron chi connectivity index (χ0n) is 17.1. The van der Waals surface area contributed by atoms with Gasteiger partial charge in [-0.25, -0.2) is 23.3 Å². The SMILES string of the molecule is COC(=O)c1ccccc1Oc1nc(Nc2ccc(S(N)(=O)=O)cc2)nc2ccn(C)c12. The summed E-state index contributed by atoms with van der Waals surface area (Å²) >= 11 is 0. The number of aromatic nitrogens is 3. The number of carbonyl (C=O) groups excluding carboxylic acids is 1. The lowest BCUT2D eigenvalue weighted by Crippen LogP contribution is -2.11. The quantitative estimate of drug-likeness (QED) is 0.425. The number of fused-ring (bicyclic) bond motifs is 1. The summed E-state index contributed by atoms with van der Waals surface area (Å²) in [5.41, 5.74) is 2.04. The summed E-state index contributed by atoms with van der Waals surface area (Å²) in [6.45, 7) is 0. The summed E-state index contributed by atoms with van der Waals surface area (Å²) in [7, 11) is -0.675. The van der Waals surface area contributed by atoms with Gasteiger partial charge in [-0.05, 0) is 42.5 Å². The lowest BCUT2D eigenvalue weighted by atomic mass is 10.2. The number of nitrogens with zero attached hydrogens (tertiary/aromatic N) is 3. The molecular weight excluding hydrogens is 434 g/mol. The van der Waals surface area contributed by atoms with E-state index in [4.69, 9.17) is 14.6 Å². The van der Waals surface area contributed by atoms with E-state index < -0.39 is 16.0 Å². The van der Waals surface area contributed by atoms with Crippen molar-refractivity contribution < 1.29 is 22.7 Å². The molecule has 164 valence electrons. The van der Waals surface area contributed by atoms with Gasteiger partial charge in [0, 0.05) is 18.9 Å². The molecule has 4 aromatic rings. The number of nitrogens with one attached hydrogen (secondary N) is 1. The number of nitrogens with two attached hydrogens (primary N) is 1. The van der Waals surface area contributed by atoms with Crippen LogP contribution >= 0.6 is 0 Å².